The Morgan fingerprint density at radius 2 is 1.87 bits per heavy atom. The Labute approximate surface area is 180 Å². The molecule has 0 fully saturated rings. The van der Waals surface area contributed by atoms with Crippen molar-refractivity contribution in [1.82, 2.24) is 15.1 Å². The van der Waals surface area contributed by atoms with E-state index in [1.807, 2.05) is 59.3 Å². The summed E-state index contributed by atoms with van der Waals surface area (Å²) in [5, 5.41) is 11.7. The molecule has 2 aromatic carbocycles. The van der Waals surface area contributed by atoms with Gasteiger partial charge in [-0.1, -0.05) is 17.3 Å². The topological polar surface area (TPSA) is 80.9 Å². The average Bonchev–Trinajstić information content (AvgIpc) is 3.53. The predicted octanol–water partition coefficient (Wildman–Crippen LogP) is 5.65. The van der Waals surface area contributed by atoms with E-state index in [1.165, 1.54) is 0 Å². The molecule has 0 spiro atoms. The summed E-state index contributed by atoms with van der Waals surface area (Å²) in [5.41, 5.74) is 3.70. The van der Waals surface area contributed by atoms with Gasteiger partial charge in [-0.15, -0.1) is 11.3 Å². The van der Waals surface area contributed by atoms with E-state index >= 15 is 0 Å². The van der Waals surface area contributed by atoms with Gasteiger partial charge in [-0.25, -0.2) is 4.98 Å². The molecular formula is C22H16N4O2S2. The summed E-state index contributed by atoms with van der Waals surface area (Å²) >= 11 is 3.23. The summed E-state index contributed by atoms with van der Waals surface area (Å²) in [6, 6.07) is 17.7. The Morgan fingerprint density at radius 1 is 1.00 bits per heavy atom. The number of hydrogen-bond acceptors (Lipinski definition) is 7. The number of thiophene rings is 1. The maximum absolute atomic E-state index is 12.3. The van der Waals surface area contributed by atoms with Crippen molar-refractivity contribution in [3.05, 3.63) is 71.2 Å². The van der Waals surface area contributed by atoms with Crippen LogP contribution < -0.4 is 5.32 Å². The minimum atomic E-state index is -0.0991. The Hall–Kier alpha value is -3.36. The van der Waals surface area contributed by atoms with Crippen molar-refractivity contribution < 1.29 is 9.32 Å². The van der Waals surface area contributed by atoms with Gasteiger partial charge in [0.15, 0.2) is 0 Å². The molecule has 6 nitrogen and oxygen atoms in total. The first-order valence-corrected chi connectivity index (χ1v) is 11.1. The van der Waals surface area contributed by atoms with Crippen molar-refractivity contribution in [3.63, 3.8) is 0 Å². The summed E-state index contributed by atoms with van der Waals surface area (Å²) in [6.07, 6.45) is 0.664. The standard InChI is InChI=1S/C22H16N4O2S2/c27-19(9-10-20-25-21(26-28-20)15-11-12-29-13-15)23-16-7-5-14(6-8-16)22-24-17-3-1-2-4-18(17)30-22/h1-8,11-13H,9-10H2,(H,23,27). The van der Waals surface area contributed by atoms with E-state index in [4.69, 9.17) is 4.52 Å². The molecule has 0 aliphatic heterocycles. The summed E-state index contributed by atoms with van der Waals surface area (Å²) in [4.78, 5) is 21.3. The SMILES string of the molecule is O=C(CCc1nc(-c2ccsc2)no1)Nc1ccc(-c2nc3ccccc3s2)cc1. The van der Waals surface area contributed by atoms with Gasteiger partial charge in [0.2, 0.25) is 17.6 Å². The van der Waals surface area contributed by atoms with Gasteiger partial charge in [-0.3, -0.25) is 4.79 Å². The van der Waals surface area contributed by atoms with Crippen LogP contribution in [0, 0.1) is 0 Å². The number of aromatic nitrogens is 3. The molecule has 0 bridgehead atoms. The third kappa shape index (κ3) is 4.00. The predicted molar refractivity (Wildman–Crippen MR) is 120 cm³/mol. The van der Waals surface area contributed by atoms with Crippen molar-refractivity contribution >= 4 is 44.5 Å². The van der Waals surface area contributed by atoms with Gasteiger partial charge in [-0.2, -0.15) is 16.3 Å². The Kier molecular flexibility index (Phi) is 5.08. The molecule has 3 heterocycles. The van der Waals surface area contributed by atoms with Crippen LogP contribution in [0.15, 0.2) is 69.9 Å². The third-order valence-corrected chi connectivity index (χ3v) is 6.29. The molecule has 0 saturated carbocycles. The van der Waals surface area contributed by atoms with Crippen molar-refractivity contribution in [1.29, 1.82) is 0 Å². The first kappa shape index (κ1) is 18.7. The smallest absolute Gasteiger partial charge is 0.227 e. The summed E-state index contributed by atoms with van der Waals surface area (Å²) in [7, 11) is 0. The molecule has 0 aliphatic rings. The normalized spacial score (nSPS) is 11.1. The molecule has 0 atom stereocenters. The third-order valence-electron chi connectivity index (χ3n) is 4.52. The largest absolute Gasteiger partial charge is 0.339 e. The molecule has 8 heteroatoms. The zero-order valence-electron chi connectivity index (χ0n) is 15.7. The van der Waals surface area contributed by atoms with Crippen LogP contribution in [-0.2, 0) is 11.2 Å². The molecular weight excluding hydrogens is 416 g/mol. The second-order valence-corrected chi connectivity index (χ2v) is 8.45. The van der Waals surface area contributed by atoms with Gasteiger partial charge in [0, 0.05) is 35.0 Å². The van der Waals surface area contributed by atoms with Crippen molar-refractivity contribution in [2.24, 2.45) is 0 Å². The van der Waals surface area contributed by atoms with Gasteiger partial charge >= 0.3 is 0 Å². The van der Waals surface area contributed by atoms with E-state index in [0.717, 1.165) is 32.0 Å². The molecule has 5 rings (SSSR count). The van der Waals surface area contributed by atoms with E-state index in [-0.39, 0.29) is 12.3 Å². The number of nitrogens with zero attached hydrogens (tertiary/aromatic N) is 3. The minimum absolute atomic E-state index is 0.0991. The van der Waals surface area contributed by atoms with Crippen LogP contribution in [0.2, 0.25) is 0 Å². The molecule has 0 unspecified atom stereocenters. The summed E-state index contributed by atoms with van der Waals surface area (Å²) in [6.45, 7) is 0. The maximum Gasteiger partial charge on any atom is 0.227 e. The number of carbonyl (C=O) groups is 1. The van der Waals surface area contributed by atoms with Crippen LogP contribution in [-0.4, -0.2) is 21.0 Å². The highest BCUT2D eigenvalue weighted by atomic mass is 32.1. The molecule has 1 amide bonds. The summed E-state index contributed by atoms with van der Waals surface area (Å²) in [5.74, 6) is 0.910. The van der Waals surface area contributed by atoms with Gasteiger partial charge in [0.1, 0.15) is 5.01 Å². The zero-order valence-corrected chi connectivity index (χ0v) is 17.4. The number of nitrogens with one attached hydrogen (secondary N) is 1. The van der Waals surface area contributed by atoms with Gasteiger partial charge in [0.05, 0.1) is 10.2 Å². The van der Waals surface area contributed by atoms with Gasteiger partial charge < -0.3 is 9.84 Å². The molecule has 30 heavy (non-hydrogen) atoms. The fourth-order valence-corrected chi connectivity index (χ4v) is 4.61. The molecule has 0 aliphatic carbocycles. The molecule has 5 aromatic rings. The Balaban J connectivity index is 1.19. The summed E-state index contributed by atoms with van der Waals surface area (Å²) < 4.78 is 6.40. The molecule has 148 valence electrons. The lowest BCUT2D eigenvalue weighted by atomic mass is 10.2. The Morgan fingerprint density at radius 3 is 2.67 bits per heavy atom. The highest BCUT2D eigenvalue weighted by molar-refractivity contribution is 7.21. The first-order chi connectivity index (χ1) is 14.7. The van der Waals surface area contributed by atoms with Crippen LogP contribution >= 0.6 is 22.7 Å². The highest BCUT2D eigenvalue weighted by Gasteiger charge is 2.12. The van der Waals surface area contributed by atoms with Crippen molar-refractivity contribution in [2.75, 3.05) is 5.32 Å². The Bertz CT molecular complexity index is 1260. The number of hydrogen-bond donors (Lipinski definition) is 1. The van der Waals surface area contributed by atoms with E-state index in [2.05, 4.69) is 26.5 Å². The lowest BCUT2D eigenvalue weighted by molar-refractivity contribution is -0.116. The number of carbonyl (C=O) groups excluding carboxylic acids is 1. The second kappa shape index (κ2) is 8.17. The molecule has 1 N–H and O–H groups in total. The molecule has 0 radical (unpaired) electrons. The highest BCUT2D eigenvalue weighted by Crippen LogP contribution is 2.30. The van der Waals surface area contributed by atoms with E-state index in [1.54, 1.807) is 22.7 Å². The fourth-order valence-electron chi connectivity index (χ4n) is 3.00. The van der Waals surface area contributed by atoms with Crippen LogP contribution in [0.25, 0.3) is 32.2 Å². The minimum Gasteiger partial charge on any atom is -0.339 e. The van der Waals surface area contributed by atoms with Crippen LogP contribution in [0.5, 0.6) is 0 Å². The zero-order chi connectivity index (χ0) is 20.3. The van der Waals surface area contributed by atoms with E-state index < -0.39 is 0 Å². The number of amides is 1. The molecule has 0 saturated heterocycles. The monoisotopic (exact) mass is 432 g/mol. The van der Waals surface area contributed by atoms with Crippen molar-refractivity contribution in [2.45, 2.75) is 12.8 Å². The quantitative estimate of drug-likeness (QED) is 0.375. The number of para-hydroxylation sites is 1. The lowest BCUT2D eigenvalue weighted by Gasteiger charge is -2.05. The van der Waals surface area contributed by atoms with Crippen LogP contribution in [0.3, 0.4) is 0 Å². The van der Waals surface area contributed by atoms with E-state index in [0.29, 0.717) is 18.1 Å². The van der Waals surface area contributed by atoms with Crippen LogP contribution in [0.4, 0.5) is 5.69 Å². The van der Waals surface area contributed by atoms with E-state index in [9.17, 15) is 4.79 Å². The number of rotatable bonds is 6. The molecule has 3 aromatic heterocycles. The van der Waals surface area contributed by atoms with Gasteiger partial charge in [-0.05, 0) is 47.8 Å². The van der Waals surface area contributed by atoms with Crippen LogP contribution in [0.1, 0.15) is 12.3 Å². The number of anilines is 1. The van der Waals surface area contributed by atoms with Gasteiger partial charge in [0.25, 0.3) is 0 Å². The second-order valence-electron chi connectivity index (χ2n) is 6.64. The number of benzene rings is 2. The fraction of sp³-hybridized carbons (Fsp3) is 0.0909. The average molecular weight is 433 g/mol. The lowest BCUT2D eigenvalue weighted by Crippen LogP contribution is -2.12. The number of fused-ring (bicyclic) bond motifs is 1. The number of thiazole rings is 1. The van der Waals surface area contributed by atoms with Crippen molar-refractivity contribution in [3.8, 4) is 22.0 Å². The number of aryl methyl sites for hydroxylation is 1. The maximum atomic E-state index is 12.3. The first-order valence-electron chi connectivity index (χ1n) is 9.36.